The van der Waals surface area contributed by atoms with Gasteiger partial charge in [-0.2, -0.15) is 0 Å². The van der Waals surface area contributed by atoms with E-state index in [2.05, 4.69) is 10.0 Å². The van der Waals surface area contributed by atoms with Gasteiger partial charge in [-0.1, -0.05) is 12.1 Å². The number of phenolic OH excluding ortho intramolecular Hbond substituents is 1. The predicted octanol–water partition coefficient (Wildman–Crippen LogP) is 0.982. The molecule has 0 aliphatic rings. The van der Waals surface area contributed by atoms with Gasteiger partial charge in [-0.25, -0.2) is 13.1 Å². The van der Waals surface area contributed by atoms with Crippen molar-refractivity contribution in [1.29, 1.82) is 0 Å². The van der Waals surface area contributed by atoms with Crippen LogP contribution in [0, 0.1) is 0 Å². The lowest BCUT2D eigenvalue weighted by Gasteiger charge is -2.14. The van der Waals surface area contributed by atoms with Crippen LogP contribution in [-0.2, 0) is 10.0 Å². The Hall–Kier alpha value is -1.11. The Morgan fingerprint density at radius 1 is 1.33 bits per heavy atom. The number of hydrogen-bond donors (Lipinski definition) is 3. The van der Waals surface area contributed by atoms with Gasteiger partial charge in [-0.3, -0.25) is 0 Å². The number of rotatable bonds is 7. The maximum absolute atomic E-state index is 10.8. The normalized spacial score (nSPS) is 13.4. The molecule has 3 N–H and O–H groups in total. The topological polar surface area (TPSA) is 78.4 Å². The van der Waals surface area contributed by atoms with Crippen LogP contribution in [0.3, 0.4) is 0 Å². The van der Waals surface area contributed by atoms with Crippen molar-refractivity contribution in [1.82, 2.24) is 10.0 Å². The summed E-state index contributed by atoms with van der Waals surface area (Å²) < 4.78 is 24.1. The van der Waals surface area contributed by atoms with Crippen molar-refractivity contribution in [2.75, 3.05) is 19.3 Å². The highest BCUT2D eigenvalue weighted by Gasteiger charge is 2.05. The van der Waals surface area contributed by atoms with E-state index < -0.39 is 10.0 Å². The summed E-state index contributed by atoms with van der Waals surface area (Å²) in [7, 11) is -3.09. The number of aromatic hydroxyl groups is 1. The summed E-state index contributed by atoms with van der Waals surface area (Å²) >= 11 is 0. The number of benzene rings is 1. The van der Waals surface area contributed by atoms with Gasteiger partial charge in [0.15, 0.2) is 0 Å². The molecule has 0 amide bonds. The van der Waals surface area contributed by atoms with Gasteiger partial charge in [0.05, 0.1) is 6.26 Å². The molecule has 0 heterocycles. The van der Waals surface area contributed by atoms with Gasteiger partial charge in [0.25, 0.3) is 0 Å². The maximum Gasteiger partial charge on any atom is 0.208 e. The maximum atomic E-state index is 10.8. The van der Waals surface area contributed by atoms with Crippen molar-refractivity contribution in [2.45, 2.75) is 19.4 Å². The fraction of sp³-hybridized carbons (Fsp3) is 0.500. The van der Waals surface area contributed by atoms with Crippen molar-refractivity contribution in [3.8, 4) is 5.75 Å². The molecule has 0 saturated carbocycles. The van der Waals surface area contributed by atoms with E-state index in [1.807, 2.05) is 13.0 Å². The van der Waals surface area contributed by atoms with E-state index in [4.69, 9.17) is 0 Å². The molecule has 0 bridgehead atoms. The van der Waals surface area contributed by atoms with Crippen LogP contribution in [0.2, 0.25) is 0 Å². The summed E-state index contributed by atoms with van der Waals surface area (Å²) in [6.07, 6.45) is 1.87. The third-order valence-corrected chi connectivity index (χ3v) is 3.27. The van der Waals surface area contributed by atoms with E-state index in [0.717, 1.165) is 18.2 Å². The Kier molecular flexibility index (Phi) is 5.58. The molecular formula is C12H20N2O3S. The van der Waals surface area contributed by atoms with Crippen LogP contribution in [0.15, 0.2) is 24.3 Å². The highest BCUT2D eigenvalue weighted by molar-refractivity contribution is 7.88. The molecule has 0 aliphatic carbocycles. The zero-order valence-electron chi connectivity index (χ0n) is 10.7. The Morgan fingerprint density at radius 2 is 2.06 bits per heavy atom. The first-order valence-corrected chi connectivity index (χ1v) is 7.74. The first kappa shape index (κ1) is 14.9. The molecule has 0 aromatic heterocycles. The molecule has 5 nitrogen and oxygen atoms in total. The summed E-state index contributed by atoms with van der Waals surface area (Å²) in [5.74, 6) is 0.250. The van der Waals surface area contributed by atoms with Gasteiger partial charge < -0.3 is 10.4 Å². The molecule has 0 fully saturated rings. The van der Waals surface area contributed by atoms with E-state index in [-0.39, 0.29) is 11.8 Å². The molecule has 1 atom stereocenters. The van der Waals surface area contributed by atoms with Gasteiger partial charge in [0, 0.05) is 12.6 Å². The van der Waals surface area contributed by atoms with E-state index in [9.17, 15) is 13.5 Å². The molecule has 1 unspecified atom stereocenters. The lowest BCUT2D eigenvalue weighted by atomic mass is 10.1. The summed E-state index contributed by atoms with van der Waals surface area (Å²) in [5.41, 5.74) is 1.01. The average molecular weight is 272 g/mol. The van der Waals surface area contributed by atoms with Crippen molar-refractivity contribution in [3.05, 3.63) is 29.8 Å². The Morgan fingerprint density at radius 3 is 2.67 bits per heavy atom. The minimum atomic E-state index is -3.09. The molecule has 0 aliphatic heterocycles. The van der Waals surface area contributed by atoms with Gasteiger partial charge in [0.1, 0.15) is 5.75 Å². The highest BCUT2D eigenvalue weighted by atomic mass is 32.2. The van der Waals surface area contributed by atoms with Gasteiger partial charge >= 0.3 is 0 Å². The zero-order valence-corrected chi connectivity index (χ0v) is 11.5. The molecule has 18 heavy (non-hydrogen) atoms. The van der Waals surface area contributed by atoms with E-state index >= 15 is 0 Å². The minimum absolute atomic E-state index is 0.121. The molecule has 1 aromatic rings. The zero-order chi connectivity index (χ0) is 13.6. The van der Waals surface area contributed by atoms with Crippen LogP contribution >= 0.6 is 0 Å². The first-order valence-electron chi connectivity index (χ1n) is 5.85. The fourth-order valence-electron chi connectivity index (χ4n) is 1.58. The highest BCUT2D eigenvalue weighted by Crippen LogP contribution is 2.17. The number of sulfonamides is 1. The molecule has 1 rings (SSSR count). The van der Waals surface area contributed by atoms with Crippen molar-refractivity contribution >= 4 is 10.0 Å². The van der Waals surface area contributed by atoms with Crippen molar-refractivity contribution < 1.29 is 13.5 Å². The van der Waals surface area contributed by atoms with Crippen LogP contribution in [0.5, 0.6) is 5.75 Å². The summed E-state index contributed by atoms with van der Waals surface area (Å²) in [5, 5.41) is 12.6. The summed E-state index contributed by atoms with van der Waals surface area (Å²) in [6, 6.07) is 7.20. The largest absolute Gasteiger partial charge is 0.508 e. The van der Waals surface area contributed by atoms with Crippen LogP contribution in [0.25, 0.3) is 0 Å². The fourth-order valence-corrected chi connectivity index (χ4v) is 2.09. The Balaban J connectivity index is 2.27. The number of nitrogens with one attached hydrogen (secondary N) is 2. The van der Waals surface area contributed by atoms with Crippen molar-refractivity contribution in [2.24, 2.45) is 0 Å². The van der Waals surface area contributed by atoms with E-state index in [1.54, 1.807) is 18.2 Å². The second-order valence-electron chi connectivity index (χ2n) is 4.29. The van der Waals surface area contributed by atoms with Crippen molar-refractivity contribution in [3.63, 3.8) is 0 Å². The number of phenols is 1. The summed E-state index contributed by atoms with van der Waals surface area (Å²) in [6.45, 7) is 3.14. The smallest absolute Gasteiger partial charge is 0.208 e. The quantitative estimate of drug-likeness (QED) is 0.647. The van der Waals surface area contributed by atoms with Gasteiger partial charge in [-0.15, -0.1) is 0 Å². The molecule has 6 heteroatoms. The SMILES string of the molecule is CC(NCCCNS(C)(=O)=O)c1cccc(O)c1. The van der Waals surface area contributed by atoms with Crippen LogP contribution < -0.4 is 10.0 Å². The molecular weight excluding hydrogens is 252 g/mol. The molecule has 0 saturated heterocycles. The van der Waals surface area contributed by atoms with E-state index in [1.165, 1.54) is 0 Å². The average Bonchev–Trinajstić information content (AvgIpc) is 2.26. The molecule has 102 valence electrons. The van der Waals surface area contributed by atoms with Crippen LogP contribution in [0.1, 0.15) is 24.9 Å². The standard InChI is InChI=1S/C12H20N2O3S/c1-10(11-5-3-6-12(15)9-11)13-7-4-8-14-18(2,16)17/h3,5-6,9-10,13-15H,4,7-8H2,1-2H3. The Bertz CT molecular complexity index is 474. The first-order chi connectivity index (χ1) is 8.38. The van der Waals surface area contributed by atoms with E-state index in [0.29, 0.717) is 13.1 Å². The second kappa shape index (κ2) is 6.72. The second-order valence-corrected chi connectivity index (χ2v) is 6.12. The lowest BCUT2D eigenvalue weighted by Crippen LogP contribution is -2.27. The van der Waals surface area contributed by atoms with Gasteiger partial charge in [0.2, 0.25) is 10.0 Å². The monoisotopic (exact) mass is 272 g/mol. The van der Waals surface area contributed by atoms with Crippen LogP contribution in [-0.4, -0.2) is 32.9 Å². The molecule has 0 radical (unpaired) electrons. The molecule has 0 spiro atoms. The molecule has 1 aromatic carbocycles. The number of hydrogen-bond acceptors (Lipinski definition) is 4. The lowest BCUT2D eigenvalue weighted by molar-refractivity contribution is 0.472. The minimum Gasteiger partial charge on any atom is -0.508 e. The third kappa shape index (κ3) is 6.00. The van der Waals surface area contributed by atoms with Crippen LogP contribution in [0.4, 0.5) is 0 Å². The Labute approximate surface area is 108 Å². The predicted molar refractivity (Wildman–Crippen MR) is 72.0 cm³/mol. The van der Waals surface area contributed by atoms with Gasteiger partial charge in [-0.05, 0) is 37.6 Å². The summed E-state index contributed by atoms with van der Waals surface area (Å²) in [4.78, 5) is 0. The third-order valence-electron chi connectivity index (χ3n) is 2.54.